The summed E-state index contributed by atoms with van der Waals surface area (Å²) in [7, 11) is 2.10. The van der Waals surface area contributed by atoms with E-state index in [9.17, 15) is 0 Å². The smallest absolute Gasteiger partial charge is 0.122 e. The van der Waals surface area contributed by atoms with Crippen LogP contribution >= 0.6 is 11.3 Å². The number of likely N-dealkylation sites (N-methyl/N-ethyl adjacent to an activating group) is 1. The molecule has 1 aromatic carbocycles. The number of hydrogen-bond acceptors (Lipinski definition) is 5. The molecule has 0 radical (unpaired) electrons. The molecule has 2 aromatic rings. The van der Waals surface area contributed by atoms with Crippen molar-refractivity contribution in [1.82, 2.24) is 9.88 Å². The van der Waals surface area contributed by atoms with Gasteiger partial charge in [-0.15, -0.1) is 11.3 Å². The van der Waals surface area contributed by atoms with Crippen molar-refractivity contribution < 1.29 is 4.74 Å². The molecule has 0 saturated heterocycles. The first kappa shape index (κ1) is 13.5. The second-order valence-corrected chi connectivity index (χ2v) is 5.83. The second-order valence-electron chi connectivity index (χ2n) is 5.11. The summed E-state index contributed by atoms with van der Waals surface area (Å²) >= 11 is 1.63. The van der Waals surface area contributed by atoms with Crippen LogP contribution in [0.5, 0.6) is 5.75 Å². The molecule has 106 valence electrons. The lowest BCUT2D eigenvalue weighted by molar-refractivity contribution is 0.239. The van der Waals surface area contributed by atoms with Gasteiger partial charge in [-0.05, 0) is 24.2 Å². The Balaban J connectivity index is 1.78. The quantitative estimate of drug-likeness (QED) is 0.917. The highest BCUT2D eigenvalue weighted by molar-refractivity contribution is 7.07. The van der Waals surface area contributed by atoms with E-state index in [1.54, 1.807) is 11.3 Å². The molecular weight excluding hydrogens is 270 g/mol. The van der Waals surface area contributed by atoms with Crippen LogP contribution in [0.4, 0.5) is 0 Å². The van der Waals surface area contributed by atoms with E-state index in [1.807, 2.05) is 5.51 Å². The highest BCUT2D eigenvalue weighted by Crippen LogP contribution is 2.30. The number of thiazole rings is 1. The van der Waals surface area contributed by atoms with Crippen molar-refractivity contribution in [2.75, 3.05) is 20.2 Å². The van der Waals surface area contributed by atoms with Gasteiger partial charge >= 0.3 is 0 Å². The number of nitrogens with two attached hydrogens (primary N) is 1. The molecule has 4 nitrogen and oxygen atoms in total. The van der Waals surface area contributed by atoms with Crippen molar-refractivity contribution in [3.05, 3.63) is 45.9 Å². The van der Waals surface area contributed by atoms with Gasteiger partial charge in [0.1, 0.15) is 5.75 Å². The number of benzene rings is 1. The van der Waals surface area contributed by atoms with Gasteiger partial charge in [0.15, 0.2) is 0 Å². The molecular formula is C15H19N3OS. The van der Waals surface area contributed by atoms with E-state index in [2.05, 4.69) is 40.5 Å². The number of hydrogen-bond donors (Lipinski definition) is 1. The van der Waals surface area contributed by atoms with Crippen LogP contribution in [-0.4, -0.2) is 30.1 Å². The summed E-state index contributed by atoms with van der Waals surface area (Å²) in [6, 6.07) is 6.63. The van der Waals surface area contributed by atoms with E-state index in [0.717, 1.165) is 31.0 Å². The van der Waals surface area contributed by atoms with Crippen LogP contribution in [0, 0.1) is 0 Å². The Hall–Kier alpha value is -1.43. The van der Waals surface area contributed by atoms with E-state index in [1.165, 1.54) is 11.1 Å². The number of ether oxygens (including phenoxy) is 1. The van der Waals surface area contributed by atoms with Crippen LogP contribution in [0.1, 0.15) is 22.9 Å². The number of nitrogens with zero attached hydrogens (tertiary/aromatic N) is 2. The number of aromatic nitrogens is 1. The zero-order chi connectivity index (χ0) is 13.9. The monoisotopic (exact) mass is 289 g/mol. The first-order valence-electron chi connectivity index (χ1n) is 6.81. The van der Waals surface area contributed by atoms with Crippen LogP contribution in [-0.2, 0) is 13.0 Å². The first-order valence-corrected chi connectivity index (χ1v) is 7.75. The fourth-order valence-electron chi connectivity index (χ4n) is 2.67. The summed E-state index contributed by atoms with van der Waals surface area (Å²) in [6.07, 6.45) is 0.996. The van der Waals surface area contributed by atoms with Crippen LogP contribution in [0.3, 0.4) is 0 Å². The SMILES string of the molecule is CN(Cc1cscn1)C(CN)c1ccc2c(c1)CCO2. The van der Waals surface area contributed by atoms with Crippen LogP contribution in [0.15, 0.2) is 29.1 Å². The van der Waals surface area contributed by atoms with E-state index in [4.69, 9.17) is 10.5 Å². The minimum atomic E-state index is 0.211. The zero-order valence-electron chi connectivity index (χ0n) is 11.6. The van der Waals surface area contributed by atoms with Gasteiger partial charge in [-0.1, -0.05) is 12.1 Å². The minimum absolute atomic E-state index is 0.211. The van der Waals surface area contributed by atoms with Crippen molar-refractivity contribution in [2.45, 2.75) is 19.0 Å². The number of rotatable bonds is 5. The van der Waals surface area contributed by atoms with Crippen molar-refractivity contribution in [3.8, 4) is 5.75 Å². The fraction of sp³-hybridized carbons (Fsp3) is 0.400. The maximum atomic E-state index is 5.99. The third-order valence-electron chi connectivity index (χ3n) is 3.75. The Morgan fingerprint density at radius 3 is 3.15 bits per heavy atom. The molecule has 5 heteroatoms. The summed E-state index contributed by atoms with van der Waals surface area (Å²) in [5.41, 5.74) is 11.5. The van der Waals surface area contributed by atoms with Crippen molar-refractivity contribution in [3.63, 3.8) is 0 Å². The molecule has 0 spiro atoms. The molecule has 1 atom stereocenters. The summed E-state index contributed by atoms with van der Waals surface area (Å²) in [4.78, 5) is 6.60. The largest absolute Gasteiger partial charge is 0.493 e. The summed E-state index contributed by atoms with van der Waals surface area (Å²) < 4.78 is 5.56. The van der Waals surface area contributed by atoms with Gasteiger partial charge in [-0.25, -0.2) is 4.98 Å². The molecule has 1 aromatic heterocycles. The van der Waals surface area contributed by atoms with Gasteiger partial charge in [0.2, 0.25) is 0 Å². The third kappa shape index (κ3) is 2.70. The Morgan fingerprint density at radius 1 is 1.50 bits per heavy atom. The molecule has 20 heavy (non-hydrogen) atoms. The van der Waals surface area contributed by atoms with Crippen LogP contribution in [0.25, 0.3) is 0 Å². The number of fused-ring (bicyclic) bond motifs is 1. The molecule has 0 bridgehead atoms. The molecule has 1 unspecified atom stereocenters. The fourth-order valence-corrected chi connectivity index (χ4v) is 3.22. The standard InChI is InChI=1S/C15H19N3OS/c1-18(8-13-9-20-10-17-13)14(7-16)11-2-3-15-12(6-11)4-5-19-15/h2-3,6,9-10,14H,4-5,7-8,16H2,1H3. The molecule has 0 fully saturated rings. The normalized spacial score (nSPS) is 15.2. The topological polar surface area (TPSA) is 51.4 Å². The summed E-state index contributed by atoms with van der Waals surface area (Å²) in [5, 5.41) is 2.08. The predicted molar refractivity (Wildman–Crippen MR) is 81.0 cm³/mol. The maximum Gasteiger partial charge on any atom is 0.122 e. The average molecular weight is 289 g/mol. The molecule has 1 aliphatic rings. The molecule has 0 aliphatic carbocycles. The van der Waals surface area contributed by atoms with Gasteiger partial charge in [0.05, 0.1) is 17.8 Å². The van der Waals surface area contributed by atoms with Crippen LogP contribution in [0.2, 0.25) is 0 Å². The van der Waals surface area contributed by atoms with Crippen LogP contribution < -0.4 is 10.5 Å². The zero-order valence-corrected chi connectivity index (χ0v) is 12.4. The average Bonchev–Trinajstić information content (AvgIpc) is 3.09. The minimum Gasteiger partial charge on any atom is -0.493 e. The van der Waals surface area contributed by atoms with E-state index < -0.39 is 0 Å². The Morgan fingerprint density at radius 2 is 2.40 bits per heavy atom. The van der Waals surface area contributed by atoms with Gasteiger partial charge in [-0.3, -0.25) is 4.90 Å². The molecule has 3 rings (SSSR count). The third-order valence-corrected chi connectivity index (χ3v) is 4.38. The second kappa shape index (κ2) is 5.91. The van der Waals surface area contributed by atoms with Crippen molar-refractivity contribution >= 4 is 11.3 Å². The predicted octanol–water partition coefficient (Wildman–Crippen LogP) is 2.21. The highest BCUT2D eigenvalue weighted by atomic mass is 32.1. The molecule has 2 heterocycles. The van der Waals surface area contributed by atoms with E-state index >= 15 is 0 Å². The van der Waals surface area contributed by atoms with Gasteiger partial charge in [0, 0.05) is 30.9 Å². The van der Waals surface area contributed by atoms with Gasteiger partial charge in [0.25, 0.3) is 0 Å². The lowest BCUT2D eigenvalue weighted by Crippen LogP contribution is -2.30. The lowest BCUT2D eigenvalue weighted by atomic mass is 10.0. The Kier molecular flexibility index (Phi) is 4.00. The summed E-state index contributed by atoms with van der Waals surface area (Å²) in [6.45, 7) is 2.21. The Bertz CT molecular complexity index is 571. The van der Waals surface area contributed by atoms with Crippen molar-refractivity contribution in [1.29, 1.82) is 0 Å². The Labute approximate surface area is 123 Å². The first-order chi connectivity index (χ1) is 9.78. The molecule has 0 saturated carbocycles. The lowest BCUT2D eigenvalue weighted by Gasteiger charge is -2.27. The highest BCUT2D eigenvalue weighted by Gasteiger charge is 2.19. The van der Waals surface area contributed by atoms with E-state index in [0.29, 0.717) is 6.54 Å². The van der Waals surface area contributed by atoms with Gasteiger partial charge in [-0.2, -0.15) is 0 Å². The molecule has 0 amide bonds. The van der Waals surface area contributed by atoms with Gasteiger partial charge < -0.3 is 10.5 Å². The van der Waals surface area contributed by atoms with E-state index in [-0.39, 0.29) is 6.04 Å². The summed E-state index contributed by atoms with van der Waals surface area (Å²) in [5.74, 6) is 1.02. The molecule has 2 N–H and O–H groups in total. The molecule has 1 aliphatic heterocycles. The maximum absolute atomic E-state index is 5.99. The van der Waals surface area contributed by atoms with Crippen molar-refractivity contribution in [2.24, 2.45) is 5.73 Å².